The predicted molar refractivity (Wildman–Crippen MR) is 112 cm³/mol. The first kappa shape index (κ1) is 19.9. The summed E-state index contributed by atoms with van der Waals surface area (Å²) < 4.78 is 0. The zero-order valence-corrected chi connectivity index (χ0v) is 16.9. The molecule has 1 saturated heterocycles. The zero-order valence-electron chi connectivity index (χ0n) is 16.9. The number of amides is 2. The zero-order chi connectivity index (χ0) is 20.1. The monoisotopic (exact) mass is 379 g/mol. The third kappa shape index (κ3) is 4.53. The molecule has 0 unspecified atom stereocenters. The van der Waals surface area contributed by atoms with Crippen LogP contribution in [0.4, 0.5) is 5.69 Å². The maximum absolute atomic E-state index is 13.0. The van der Waals surface area contributed by atoms with Gasteiger partial charge in [-0.3, -0.25) is 9.59 Å². The van der Waals surface area contributed by atoms with Gasteiger partial charge in [-0.1, -0.05) is 48.0 Å². The second-order valence-electron chi connectivity index (χ2n) is 7.91. The van der Waals surface area contributed by atoms with Crippen molar-refractivity contribution in [1.82, 2.24) is 10.2 Å². The molecule has 0 bridgehead atoms. The number of para-hydroxylation sites is 1. The Morgan fingerprint density at radius 1 is 0.964 bits per heavy atom. The van der Waals surface area contributed by atoms with Gasteiger partial charge in [0.1, 0.15) is 5.41 Å². The number of nitrogens with one attached hydrogen (secondary N) is 1. The van der Waals surface area contributed by atoms with Gasteiger partial charge in [-0.25, -0.2) is 0 Å². The van der Waals surface area contributed by atoms with Gasteiger partial charge in [0.2, 0.25) is 11.8 Å². The van der Waals surface area contributed by atoms with Crippen LogP contribution in [0.2, 0.25) is 0 Å². The van der Waals surface area contributed by atoms with E-state index in [0.29, 0.717) is 19.6 Å². The molecule has 148 valence electrons. The smallest absolute Gasteiger partial charge is 0.237 e. The lowest BCUT2D eigenvalue weighted by atomic mass is 9.89. The van der Waals surface area contributed by atoms with Crippen LogP contribution >= 0.6 is 0 Å². The van der Waals surface area contributed by atoms with Crippen molar-refractivity contribution < 1.29 is 9.59 Å². The van der Waals surface area contributed by atoms with E-state index in [0.717, 1.165) is 24.2 Å². The fraction of sp³-hybridized carbons (Fsp3) is 0.391. The van der Waals surface area contributed by atoms with Crippen LogP contribution in [-0.4, -0.2) is 42.9 Å². The molecule has 1 aliphatic heterocycles. The Balaban J connectivity index is 1.56. The Labute approximate surface area is 167 Å². The molecule has 5 nitrogen and oxygen atoms in total. The molecular weight excluding hydrogens is 350 g/mol. The first-order chi connectivity index (χ1) is 13.4. The highest BCUT2D eigenvalue weighted by Gasteiger charge is 2.39. The molecule has 1 aliphatic rings. The molecule has 0 spiro atoms. The SMILES string of the molecule is Cc1cccc(CNC(=O)C(C)(C)C(=O)N2CCN(c3ccccc3)CC2)c1. The maximum Gasteiger partial charge on any atom is 0.237 e. The second kappa shape index (κ2) is 8.46. The molecule has 0 radical (unpaired) electrons. The molecule has 1 heterocycles. The van der Waals surface area contributed by atoms with E-state index in [1.807, 2.05) is 54.3 Å². The van der Waals surface area contributed by atoms with Crippen molar-refractivity contribution in [3.05, 3.63) is 65.7 Å². The maximum atomic E-state index is 13.0. The number of carbonyl (C=O) groups is 2. The van der Waals surface area contributed by atoms with Crippen LogP contribution in [0.1, 0.15) is 25.0 Å². The van der Waals surface area contributed by atoms with Crippen molar-refractivity contribution in [3.63, 3.8) is 0 Å². The topological polar surface area (TPSA) is 52.7 Å². The Kier molecular flexibility index (Phi) is 6.02. The summed E-state index contributed by atoms with van der Waals surface area (Å²) in [7, 11) is 0. The quantitative estimate of drug-likeness (QED) is 0.813. The van der Waals surface area contributed by atoms with Gasteiger partial charge in [0.05, 0.1) is 0 Å². The summed E-state index contributed by atoms with van der Waals surface area (Å²) in [5, 5.41) is 2.92. The van der Waals surface area contributed by atoms with Gasteiger partial charge in [-0.2, -0.15) is 0 Å². The van der Waals surface area contributed by atoms with E-state index in [4.69, 9.17) is 0 Å². The largest absolute Gasteiger partial charge is 0.368 e. The van der Waals surface area contributed by atoms with Crippen LogP contribution in [0.5, 0.6) is 0 Å². The van der Waals surface area contributed by atoms with Crippen molar-refractivity contribution in [2.45, 2.75) is 27.3 Å². The minimum Gasteiger partial charge on any atom is -0.368 e. The average molecular weight is 380 g/mol. The number of nitrogens with zero attached hydrogens (tertiary/aromatic N) is 2. The van der Waals surface area contributed by atoms with Gasteiger partial charge in [-0.05, 0) is 38.5 Å². The van der Waals surface area contributed by atoms with Gasteiger partial charge in [0.25, 0.3) is 0 Å². The molecule has 2 aromatic rings. The number of rotatable bonds is 5. The van der Waals surface area contributed by atoms with Crippen molar-refractivity contribution in [1.29, 1.82) is 0 Å². The van der Waals surface area contributed by atoms with Crippen LogP contribution < -0.4 is 10.2 Å². The molecule has 2 amide bonds. The fourth-order valence-corrected chi connectivity index (χ4v) is 3.52. The minimum absolute atomic E-state index is 0.109. The standard InChI is InChI=1S/C23H29N3O2/c1-18-8-7-9-19(16-18)17-24-21(27)23(2,3)22(28)26-14-12-25(13-15-26)20-10-5-4-6-11-20/h4-11,16H,12-15,17H2,1-3H3,(H,24,27). The third-order valence-corrected chi connectivity index (χ3v) is 5.33. The van der Waals surface area contributed by atoms with Crippen molar-refractivity contribution in [2.75, 3.05) is 31.1 Å². The Bertz CT molecular complexity index is 825. The lowest BCUT2D eigenvalue weighted by Crippen LogP contribution is -2.55. The summed E-state index contributed by atoms with van der Waals surface area (Å²) in [6.07, 6.45) is 0. The van der Waals surface area contributed by atoms with E-state index >= 15 is 0 Å². The molecule has 1 fully saturated rings. The molecule has 5 heteroatoms. The van der Waals surface area contributed by atoms with E-state index in [-0.39, 0.29) is 11.8 Å². The van der Waals surface area contributed by atoms with E-state index in [1.54, 1.807) is 13.8 Å². The van der Waals surface area contributed by atoms with Gasteiger partial charge >= 0.3 is 0 Å². The minimum atomic E-state index is -1.08. The number of benzene rings is 2. The lowest BCUT2D eigenvalue weighted by Gasteiger charge is -2.39. The summed E-state index contributed by atoms with van der Waals surface area (Å²) >= 11 is 0. The highest BCUT2D eigenvalue weighted by atomic mass is 16.2. The number of hydrogen-bond donors (Lipinski definition) is 1. The average Bonchev–Trinajstić information content (AvgIpc) is 2.72. The van der Waals surface area contributed by atoms with Crippen LogP contribution in [0.3, 0.4) is 0 Å². The summed E-state index contributed by atoms with van der Waals surface area (Å²) in [4.78, 5) is 29.8. The van der Waals surface area contributed by atoms with Gasteiger partial charge in [0, 0.05) is 38.4 Å². The predicted octanol–water partition coefficient (Wildman–Crippen LogP) is 2.99. The summed E-state index contributed by atoms with van der Waals surface area (Å²) in [6, 6.07) is 18.2. The number of carbonyl (C=O) groups excluding carboxylic acids is 2. The Hall–Kier alpha value is -2.82. The van der Waals surface area contributed by atoms with Gasteiger partial charge < -0.3 is 15.1 Å². The molecular formula is C23H29N3O2. The van der Waals surface area contributed by atoms with Crippen molar-refractivity contribution in [3.8, 4) is 0 Å². The normalized spacial score (nSPS) is 14.7. The number of piperazine rings is 1. The first-order valence-corrected chi connectivity index (χ1v) is 9.81. The Morgan fingerprint density at radius 3 is 2.29 bits per heavy atom. The number of hydrogen-bond acceptors (Lipinski definition) is 3. The number of anilines is 1. The molecule has 0 aromatic heterocycles. The molecule has 0 aliphatic carbocycles. The van der Waals surface area contributed by atoms with Crippen LogP contribution in [0, 0.1) is 12.3 Å². The van der Waals surface area contributed by atoms with Crippen LogP contribution in [0.25, 0.3) is 0 Å². The summed E-state index contributed by atoms with van der Waals surface area (Å²) in [5.41, 5.74) is 2.27. The molecule has 0 saturated carbocycles. The third-order valence-electron chi connectivity index (χ3n) is 5.33. The molecule has 2 aromatic carbocycles. The Morgan fingerprint density at radius 2 is 1.64 bits per heavy atom. The van der Waals surface area contributed by atoms with Crippen LogP contribution in [-0.2, 0) is 16.1 Å². The molecule has 0 atom stereocenters. The highest BCUT2D eigenvalue weighted by molar-refractivity contribution is 6.04. The van der Waals surface area contributed by atoms with E-state index in [2.05, 4.69) is 22.3 Å². The molecule has 3 rings (SSSR count). The summed E-state index contributed by atoms with van der Waals surface area (Å²) in [5.74, 6) is -0.341. The summed E-state index contributed by atoms with van der Waals surface area (Å²) in [6.45, 7) is 8.68. The van der Waals surface area contributed by atoms with Crippen LogP contribution in [0.15, 0.2) is 54.6 Å². The molecule has 1 N–H and O–H groups in total. The van der Waals surface area contributed by atoms with Gasteiger partial charge in [-0.15, -0.1) is 0 Å². The van der Waals surface area contributed by atoms with Crippen molar-refractivity contribution >= 4 is 17.5 Å². The first-order valence-electron chi connectivity index (χ1n) is 9.81. The lowest BCUT2D eigenvalue weighted by molar-refractivity contribution is -0.148. The number of aryl methyl sites for hydroxylation is 1. The highest BCUT2D eigenvalue weighted by Crippen LogP contribution is 2.22. The van der Waals surface area contributed by atoms with Gasteiger partial charge in [0.15, 0.2) is 0 Å². The van der Waals surface area contributed by atoms with E-state index in [1.165, 1.54) is 5.69 Å². The van der Waals surface area contributed by atoms with Crippen molar-refractivity contribution in [2.24, 2.45) is 5.41 Å². The molecule has 28 heavy (non-hydrogen) atoms. The van der Waals surface area contributed by atoms with E-state index < -0.39 is 5.41 Å². The van der Waals surface area contributed by atoms with E-state index in [9.17, 15) is 9.59 Å². The second-order valence-corrected chi connectivity index (χ2v) is 7.91. The fourth-order valence-electron chi connectivity index (χ4n) is 3.52.